The van der Waals surface area contributed by atoms with Gasteiger partial charge in [-0.2, -0.15) is 5.10 Å². The van der Waals surface area contributed by atoms with E-state index in [-0.39, 0.29) is 11.9 Å². The molecule has 0 spiro atoms. The first-order valence-electron chi connectivity index (χ1n) is 6.99. The molecule has 0 fully saturated rings. The van der Waals surface area contributed by atoms with Crippen LogP contribution in [-0.2, 0) is 11.2 Å². The van der Waals surface area contributed by atoms with E-state index in [4.69, 9.17) is 0 Å². The molecule has 1 aromatic carbocycles. The predicted octanol–water partition coefficient (Wildman–Crippen LogP) is 3.34. The number of aromatic nitrogens is 2. The van der Waals surface area contributed by atoms with Gasteiger partial charge in [0.15, 0.2) is 0 Å². The van der Waals surface area contributed by atoms with Crippen molar-refractivity contribution in [3.05, 3.63) is 47.7 Å². The Labute approximate surface area is 119 Å². The number of carbonyl (C=O) groups is 1. The van der Waals surface area contributed by atoms with Crippen molar-refractivity contribution in [2.75, 3.05) is 5.32 Å². The molecule has 1 atom stereocenters. The van der Waals surface area contributed by atoms with Crippen LogP contribution in [0.2, 0.25) is 0 Å². The van der Waals surface area contributed by atoms with Crippen molar-refractivity contribution >= 4 is 11.7 Å². The molecule has 1 aromatic heterocycles. The quantitative estimate of drug-likeness (QED) is 0.906. The first kappa shape index (κ1) is 14.3. The summed E-state index contributed by atoms with van der Waals surface area (Å²) in [6.07, 6.45) is 3.07. The lowest BCUT2D eigenvalue weighted by Gasteiger charge is -2.14. The Morgan fingerprint density at radius 3 is 2.90 bits per heavy atom. The standard InChI is InChI=1S/C16H21N3O/c1-4-13(3)19-15(8-9-17-19)18-16(20)11-14-7-5-6-12(2)10-14/h5-10,13H,4,11H2,1-3H3,(H,18,20). The Morgan fingerprint density at radius 2 is 2.20 bits per heavy atom. The highest BCUT2D eigenvalue weighted by molar-refractivity contribution is 5.91. The molecule has 20 heavy (non-hydrogen) atoms. The number of carbonyl (C=O) groups excluding carboxylic acids is 1. The molecule has 0 aliphatic carbocycles. The van der Waals surface area contributed by atoms with Gasteiger partial charge in [-0.25, -0.2) is 4.68 Å². The molecule has 2 aromatic rings. The molecular weight excluding hydrogens is 250 g/mol. The third kappa shape index (κ3) is 3.47. The van der Waals surface area contributed by atoms with Crippen LogP contribution in [-0.4, -0.2) is 15.7 Å². The zero-order valence-corrected chi connectivity index (χ0v) is 12.3. The molecule has 0 aliphatic heterocycles. The summed E-state index contributed by atoms with van der Waals surface area (Å²) in [5, 5.41) is 7.20. The molecule has 0 aliphatic rings. The van der Waals surface area contributed by atoms with Crippen LogP contribution in [0.3, 0.4) is 0 Å². The van der Waals surface area contributed by atoms with E-state index in [2.05, 4.69) is 24.3 Å². The van der Waals surface area contributed by atoms with Gasteiger partial charge in [0.05, 0.1) is 18.7 Å². The van der Waals surface area contributed by atoms with Crippen LogP contribution in [0.4, 0.5) is 5.82 Å². The summed E-state index contributed by atoms with van der Waals surface area (Å²) < 4.78 is 1.86. The van der Waals surface area contributed by atoms with E-state index in [0.717, 1.165) is 17.8 Å². The summed E-state index contributed by atoms with van der Waals surface area (Å²) >= 11 is 0. The molecule has 0 radical (unpaired) electrons. The van der Waals surface area contributed by atoms with Crippen molar-refractivity contribution < 1.29 is 4.79 Å². The summed E-state index contributed by atoms with van der Waals surface area (Å²) in [7, 11) is 0. The van der Waals surface area contributed by atoms with Crippen LogP contribution < -0.4 is 5.32 Å². The molecule has 1 amide bonds. The molecule has 4 nitrogen and oxygen atoms in total. The van der Waals surface area contributed by atoms with Crippen molar-refractivity contribution in [1.82, 2.24) is 9.78 Å². The molecule has 1 heterocycles. The minimum absolute atomic E-state index is 0.0133. The third-order valence-electron chi connectivity index (χ3n) is 3.39. The lowest BCUT2D eigenvalue weighted by molar-refractivity contribution is -0.115. The number of aryl methyl sites for hydroxylation is 1. The van der Waals surface area contributed by atoms with Crippen molar-refractivity contribution in [3.63, 3.8) is 0 Å². The molecular formula is C16H21N3O. The van der Waals surface area contributed by atoms with Crippen LogP contribution in [0, 0.1) is 6.92 Å². The monoisotopic (exact) mass is 271 g/mol. The lowest BCUT2D eigenvalue weighted by atomic mass is 10.1. The Bertz CT molecular complexity index is 589. The zero-order valence-electron chi connectivity index (χ0n) is 12.3. The normalized spacial score (nSPS) is 12.2. The number of rotatable bonds is 5. The molecule has 4 heteroatoms. The van der Waals surface area contributed by atoms with Crippen molar-refractivity contribution in [1.29, 1.82) is 0 Å². The van der Waals surface area contributed by atoms with E-state index in [1.54, 1.807) is 6.20 Å². The van der Waals surface area contributed by atoms with Gasteiger partial charge < -0.3 is 5.32 Å². The number of amides is 1. The van der Waals surface area contributed by atoms with Gasteiger partial charge in [-0.15, -0.1) is 0 Å². The maximum atomic E-state index is 12.1. The average molecular weight is 271 g/mol. The predicted molar refractivity (Wildman–Crippen MR) is 80.7 cm³/mol. The topological polar surface area (TPSA) is 46.9 Å². The maximum Gasteiger partial charge on any atom is 0.229 e. The Morgan fingerprint density at radius 1 is 1.40 bits per heavy atom. The fourth-order valence-corrected chi connectivity index (χ4v) is 2.13. The molecule has 0 saturated carbocycles. The van der Waals surface area contributed by atoms with Crippen LogP contribution in [0.1, 0.15) is 37.4 Å². The maximum absolute atomic E-state index is 12.1. The van der Waals surface area contributed by atoms with Crippen LogP contribution in [0.5, 0.6) is 0 Å². The molecule has 1 N–H and O–H groups in total. The fourth-order valence-electron chi connectivity index (χ4n) is 2.13. The van der Waals surface area contributed by atoms with Crippen LogP contribution in [0.15, 0.2) is 36.5 Å². The Kier molecular flexibility index (Phi) is 4.56. The highest BCUT2D eigenvalue weighted by Crippen LogP contribution is 2.16. The number of hydrogen-bond acceptors (Lipinski definition) is 2. The van der Waals surface area contributed by atoms with Gasteiger partial charge in [-0.1, -0.05) is 36.8 Å². The number of nitrogens with one attached hydrogen (secondary N) is 1. The van der Waals surface area contributed by atoms with Crippen molar-refractivity contribution in [2.45, 2.75) is 39.7 Å². The first-order valence-corrected chi connectivity index (χ1v) is 6.99. The van der Waals surface area contributed by atoms with Crippen LogP contribution >= 0.6 is 0 Å². The Hall–Kier alpha value is -2.10. The summed E-state index contributed by atoms with van der Waals surface area (Å²) in [6.45, 7) is 6.22. The van der Waals surface area contributed by atoms with Crippen molar-refractivity contribution in [2.24, 2.45) is 0 Å². The molecule has 0 bridgehead atoms. The van der Waals surface area contributed by atoms with E-state index in [1.807, 2.05) is 41.9 Å². The van der Waals surface area contributed by atoms with E-state index >= 15 is 0 Å². The van der Waals surface area contributed by atoms with E-state index in [9.17, 15) is 4.79 Å². The number of nitrogens with zero attached hydrogens (tertiary/aromatic N) is 2. The van der Waals surface area contributed by atoms with E-state index in [1.165, 1.54) is 5.56 Å². The SMILES string of the molecule is CCC(C)n1nccc1NC(=O)Cc1cccc(C)c1. The summed E-state index contributed by atoms with van der Waals surface area (Å²) in [6, 6.07) is 10.1. The van der Waals surface area contributed by atoms with Crippen LogP contribution in [0.25, 0.3) is 0 Å². The average Bonchev–Trinajstić information content (AvgIpc) is 2.85. The van der Waals surface area contributed by atoms with Gasteiger partial charge >= 0.3 is 0 Å². The molecule has 106 valence electrons. The van der Waals surface area contributed by atoms with Gasteiger partial charge in [0.1, 0.15) is 5.82 Å². The van der Waals surface area contributed by atoms with Crippen molar-refractivity contribution in [3.8, 4) is 0 Å². The van der Waals surface area contributed by atoms with Gasteiger partial charge in [0.2, 0.25) is 5.91 Å². The smallest absolute Gasteiger partial charge is 0.229 e. The largest absolute Gasteiger partial charge is 0.311 e. The summed E-state index contributed by atoms with van der Waals surface area (Å²) in [4.78, 5) is 12.1. The van der Waals surface area contributed by atoms with E-state index in [0.29, 0.717) is 6.42 Å². The molecule has 2 rings (SSSR count). The minimum Gasteiger partial charge on any atom is -0.311 e. The third-order valence-corrected chi connectivity index (χ3v) is 3.39. The fraction of sp³-hybridized carbons (Fsp3) is 0.375. The summed E-state index contributed by atoms with van der Waals surface area (Å²) in [5.74, 6) is 0.748. The Balaban J connectivity index is 2.03. The molecule has 0 saturated heterocycles. The molecule has 1 unspecified atom stereocenters. The number of benzene rings is 1. The first-order chi connectivity index (χ1) is 9.60. The number of hydrogen-bond donors (Lipinski definition) is 1. The second-order valence-corrected chi connectivity index (χ2v) is 5.13. The summed E-state index contributed by atoms with van der Waals surface area (Å²) in [5.41, 5.74) is 2.19. The van der Waals surface area contributed by atoms with Gasteiger partial charge in [-0.05, 0) is 25.8 Å². The lowest BCUT2D eigenvalue weighted by Crippen LogP contribution is -2.19. The highest BCUT2D eigenvalue weighted by Gasteiger charge is 2.11. The van der Waals surface area contributed by atoms with Gasteiger partial charge in [0, 0.05) is 6.07 Å². The second kappa shape index (κ2) is 6.37. The van der Waals surface area contributed by atoms with Gasteiger partial charge in [-0.3, -0.25) is 4.79 Å². The second-order valence-electron chi connectivity index (χ2n) is 5.13. The number of anilines is 1. The zero-order chi connectivity index (χ0) is 14.5. The van der Waals surface area contributed by atoms with E-state index < -0.39 is 0 Å². The minimum atomic E-state index is -0.0133. The highest BCUT2D eigenvalue weighted by atomic mass is 16.1. The van der Waals surface area contributed by atoms with Gasteiger partial charge in [0.25, 0.3) is 0 Å².